The van der Waals surface area contributed by atoms with Gasteiger partial charge in [0.05, 0.1) is 17.2 Å². The van der Waals surface area contributed by atoms with Gasteiger partial charge in [-0.3, -0.25) is 4.79 Å². The maximum atomic E-state index is 12.7. The van der Waals surface area contributed by atoms with Crippen molar-refractivity contribution < 1.29 is 27.4 Å². The van der Waals surface area contributed by atoms with E-state index < -0.39 is 11.7 Å². The van der Waals surface area contributed by atoms with Crippen LogP contribution in [0.1, 0.15) is 33.5 Å². The number of fused-ring (bicyclic) bond motifs is 1. The van der Waals surface area contributed by atoms with Crippen LogP contribution in [0.2, 0.25) is 10.0 Å². The van der Waals surface area contributed by atoms with Crippen LogP contribution < -0.4 is 14.8 Å². The number of nitrogens with one attached hydrogen (secondary N) is 1. The van der Waals surface area contributed by atoms with Gasteiger partial charge in [0.15, 0.2) is 0 Å². The van der Waals surface area contributed by atoms with Gasteiger partial charge in [-0.2, -0.15) is 13.2 Å². The van der Waals surface area contributed by atoms with Crippen LogP contribution in [0, 0.1) is 0 Å². The molecule has 1 heterocycles. The van der Waals surface area contributed by atoms with Gasteiger partial charge in [0.25, 0.3) is 5.91 Å². The fourth-order valence-electron chi connectivity index (χ4n) is 3.57. The molecule has 4 rings (SSSR count). The zero-order chi connectivity index (χ0) is 24.3. The van der Waals surface area contributed by atoms with E-state index in [-0.39, 0.29) is 17.5 Å². The average Bonchev–Trinajstić information content (AvgIpc) is 2.80. The number of ether oxygens (including phenoxy) is 2. The summed E-state index contributed by atoms with van der Waals surface area (Å²) in [5, 5.41) is 3.22. The van der Waals surface area contributed by atoms with Crippen LogP contribution >= 0.6 is 23.2 Å². The number of hydrogen-bond acceptors (Lipinski definition) is 3. The molecule has 0 atom stereocenters. The first kappa shape index (κ1) is 24.2. The van der Waals surface area contributed by atoms with Crippen molar-refractivity contribution in [3.63, 3.8) is 0 Å². The highest BCUT2D eigenvalue weighted by Crippen LogP contribution is 2.37. The molecule has 0 saturated heterocycles. The molecule has 0 aliphatic carbocycles. The minimum Gasteiger partial charge on any atom is -0.493 e. The molecule has 34 heavy (non-hydrogen) atoms. The highest BCUT2D eigenvalue weighted by Gasteiger charge is 2.30. The Bertz CT molecular complexity index is 1200. The molecule has 1 N–H and O–H groups in total. The lowest BCUT2D eigenvalue weighted by Gasteiger charge is -2.19. The van der Waals surface area contributed by atoms with Crippen LogP contribution in [0.15, 0.2) is 54.6 Å². The highest BCUT2D eigenvalue weighted by atomic mass is 35.5. The monoisotopic (exact) mass is 509 g/mol. The summed E-state index contributed by atoms with van der Waals surface area (Å²) in [5.74, 6) is 1.41. The van der Waals surface area contributed by atoms with Crippen LogP contribution in [0.3, 0.4) is 0 Å². The number of hydrogen-bond donors (Lipinski definition) is 1. The number of carbonyl (C=O) groups excluding carboxylic acids is 1. The van der Waals surface area contributed by atoms with Gasteiger partial charge in [0, 0.05) is 23.2 Å². The number of benzene rings is 3. The van der Waals surface area contributed by atoms with Crippen LogP contribution in [0.5, 0.6) is 17.2 Å². The molecule has 0 spiro atoms. The van der Waals surface area contributed by atoms with Gasteiger partial charge in [-0.15, -0.1) is 0 Å². The molecule has 0 bridgehead atoms. The summed E-state index contributed by atoms with van der Waals surface area (Å²) in [4.78, 5) is 12.4. The number of rotatable bonds is 6. The van der Waals surface area contributed by atoms with E-state index in [1.165, 1.54) is 6.07 Å². The second-order valence-corrected chi connectivity index (χ2v) is 8.59. The van der Waals surface area contributed by atoms with Gasteiger partial charge in [-0.25, -0.2) is 0 Å². The third-order valence-electron chi connectivity index (χ3n) is 5.37. The van der Waals surface area contributed by atoms with Gasteiger partial charge < -0.3 is 14.8 Å². The molecule has 1 aliphatic rings. The second-order valence-electron chi connectivity index (χ2n) is 7.78. The Morgan fingerprint density at radius 3 is 2.50 bits per heavy atom. The van der Waals surface area contributed by atoms with Gasteiger partial charge in [-0.05, 0) is 72.9 Å². The average molecular weight is 510 g/mol. The first-order chi connectivity index (χ1) is 16.2. The fourth-order valence-corrected chi connectivity index (χ4v) is 4.07. The maximum Gasteiger partial charge on any atom is 0.416 e. The fraction of sp³-hybridized carbons (Fsp3) is 0.240. The topological polar surface area (TPSA) is 47.6 Å². The van der Waals surface area contributed by atoms with Crippen molar-refractivity contribution in [3.05, 3.63) is 86.9 Å². The molecule has 0 fully saturated rings. The highest BCUT2D eigenvalue weighted by molar-refractivity contribution is 6.32. The maximum absolute atomic E-state index is 12.7. The summed E-state index contributed by atoms with van der Waals surface area (Å²) in [7, 11) is 0. The van der Waals surface area contributed by atoms with Crippen molar-refractivity contribution >= 4 is 29.1 Å². The Morgan fingerprint density at radius 2 is 1.79 bits per heavy atom. The molecular weight excluding hydrogens is 490 g/mol. The molecule has 178 valence electrons. The van der Waals surface area contributed by atoms with Crippen molar-refractivity contribution in [1.29, 1.82) is 0 Å². The standard InChI is InChI=1S/C25H20Cl2F3NO3/c26-20-13-18(25(28,29)30)6-3-15(20)9-10-31-24(32)16-4-7-19(8-5-16)34-23-14-22-17(12-21(23)27)2-1-11-33-22/h3-8,12-14H,1-2,9-11H2,(H,31,32). The lowest BCUT2D eigenvalue weighted by molar-refractivity contribution is -0.137. The molecule has 9 heteroatoms. The minimum atomic E-state index is -4.45. The first-order valence-corrected chi connectivity index (χ1v) is 11.3. The number of carbonyl (C=O) groups is 1. The smallest absolute Gasteiger partial charge is 0.416 e. The van der Waals surface area contributed by atoms with E-state index in [9.17, 15) is 18.0 Å². The number of halogens is 5. The summed E-state index contributed by atoms with van der Waals surface area (Å²) < 4.78 is 49.8. The molecular formula is C25H20Cl2F3NO3. The molecule has 1 aliphatic heterocycles. The molecule has 0 radical (unpaired) electrons. The Kier molecular flexibility index (Phi) is 7.24. The summed E-state index contributed by atoms with van der Waals surface area (Å²) in [6.07, 6.45) is -2.30. The van der Waals surface area contributed by atoms with E-state index in [0.717, 1.165) is 36.3 Å². The Hall–Kier alpha value is -2.90. The van der Waals surface area contributed by atoms with E-state index in [0.29, 0.717) is 40.7 Å². The van der Waals surface area contributed by atoms with Gasteiger partial charge >= 0.3 is 6.18 Å². The summed E-state index contributed by atoms with van der Waals surface area (Å²) in [6.45, 7) is 0.871. The predicted octanol–water partition coefficient (Wildman–Crippen LogP) is 7.10. The van der Waals surface area contributed by atoms with Crippen molar-refractivity contribution in [2.45, 2.75) is 25.4 Å². The number of alkyl halides is 3. The van der Waals surface area contributed by atoms with Gasteiger partial charge in [-0.1, -0.05) is 29.3 Å². The van der Waals surface area contributed by atoms with Crippen molar-refractivity contribution in [2.75, 3.05) is 13.2 Å². The first-order valence-electron chi connectivity index (χ1n) is 10.6. The van der Waals surface area contributed by atoms with Crippen LogP contribution in [0.25, 0.3) is 0 Å². The van der Waals surface area contributed by atoms with Crippen LogP contribution in [-0.4, -0.2) is 19.1 Å². The minimum absolute atomic E-state index is 0.0109. The molecule has 0 unspecified atom stereocenters. The van der Waals surface area contributed by atoms with Gasteiger partial charge in [0.1, 0.15) is 17.2 Å². The summed E-state index contributed by atoms with van der Waals surface area (Å²) >= 11 is 12.3. The van der Waals surface area contributed by atoms with Crippen LogP contribution in [-0.2, 0) is 19.0 Å². The second kappa shape index (κ2) is 10.2. The number of amides is 1. The summed E-state index contributed by atoms with van der Waals surface area (Å²) in [6, 6.07) is 13.3. The SMILES string of the molecule is O=C(NCCc1ccc(C(F)(F)F)cc1Cl)c1ccc(Oc2cc3c(cc2Cl)CCCO3)cc1. The van der Waals surface area contributed by atoms with Gasteiger partial charge in [0.2, 0.25) is 0 Å². The third-order valence-corrected chi connectivity index (χ3v) is 6.01. The zero-order valence-corrected chi connectivity index (χ0v) is 19.4. The third kappa shape index (κ3) is 5.77. The van der Waals surface area contributed by atoms with E-state index in [2.05, 4.69) is 5.32 Å². The Labute approximate surface area is 204 Å². The predicted molar refractivity (Wildman–Crippen MR) is 124 cm³/mol. The molecule has 4 nitrogen and oxygen atoms in total. The quantitative estimate of drug-likeness (QED) is 0.385. The van der Waals surface area contributed by atoms with E-state index in [1.807, 2.05) is 6.07 Å². The number of aryl methyl sites for hydroxylation is 1. The van der Waals surface area contributed by atoms with E-state index in [4.69, 9.17) is 32.7 Å². The van der Waals surface area contributed by atoms with Crippen molar-refractivity contribution in [1.82, 2.24) is 5.32 Å². The lowest BCUT2D eigenvalue weighted by Crippen LogP contribution is -2.25. The Balaban J connectivity index is 1.33. The van der Waals surface area contributed by atoms with Crippen molar-refractivity contribution in [2.24, 2.45) is 0 Å². The lowest BCUT2D eigenvalue weighted by atomic mass is 10.1. The molecule has 3 aromatic rings. The molecule has 1 amide bonds. The molecule has 0 aromatic heterocycles. The van der Waals surface area contributed by atoms with Crippen LogP contribution in [0.4, 0.5) is 13.2 Å². The Morgan fingerprint density at radius 1 is 1.03 bits per heavy atom. The van der Waals surface area contributed by atoms with Crippen molar-refractivity contribution in [3.8, 4) is 17.2 Å². The normalized spacial score (nSPS) is 13.1. The summed E-state index contributed by atoms with van der Waals surface area (Å²) in [5.41, 5.74) is 1.17. The van der Waals surface area contributed by atoms with E-state index >= 15 is 0 Å². The largest absolute Gasteiger partial charge is 0.493 e. The van der Waals surface area contributed by atoms with E-state index in [1.54, 1.807) is 30.3 Å². The molecule has 0 saturated carbocycles. The molecule has 3 aromatic carbocycles. The zero-order valence-electron chi connectivity index (χ0n) is 17.8.